The van der Waals surface area contributed by atoms with Gasteiger partial charge in [-0.25, -0.2) is 4.79 Å². The van der Waals surface area contributed by atoms with E-state index >= 15 is 0 Å². The standard InChI is InChI=1S/C19H28N4O2.ClH/c1-12(2)19(3,11-20)22-17(24)13-8-9-16-15(10-13)21-18(25)23(16)14-6-4-5-7-14;/h8-10,12,14H,4-7,11,20H2,1-3H3,(H,21,25)(H,22,24);1H. The molecule has 7 heteroatoms. The summed E-state index contributed by atoms with van der Waals surface area (Å²) in [6, 6.07) is 5.68. The topological polar surface area (TPSA) is 92.9 Å². The summed E-state index contributed by atoms with van der Waals surface area (Å²) in [7, 11) is 0. The number of nitrogens with zero attached hydrogens (tertiary/aromatic N) is 1. The minimum atomic E-state index is -0.463. The summed E-state index contributed by atoms with van der Waals surface area (Å²) in [5, 5.41) is 3.04. The summed E-state index contributed by atoms with van der Waals surface area (Å²) in [4.78, 5) is 27.9. The van der Waals surface area contributed by atoms with Crippen molar-refractivity contribution in [2.45, 2.75) is 58.0 Å². The summed E-state index contributed by atoms with van der Waals surface area (Å²) < 4.78 is 1.85. The van der Waals surface area contributed by atoms with Crippen LogP contribution in [0.3, 0.4) is 0 Å². The van der Waals surface area contributed by atoms with Crippen molar-refractivity contribution in [1.82, 2.24) is 14.9 Å². The van der Waals surface area contributed by atoms with Gasteiger partial charge in [-0.2, -0.15) is 0 Å². The monoisotopic (exact) mass is 380 g/mol. The molecule has 0 aliphatic heterocycles. The molecule has 1 aromatic heterocycles. The lowest BCUT2D eigenvalue weighted by Crippen LogP contribution is -2.55. The molecule has 1 aliphatic rings. The molecule has 1 saturated carbocycles. The zero-order valence-corrected chi connectivity index (χ0v) is 16.5. The minimum absolute atomic E-state index is 0. The molecule has 0 spiro atoms. The van der Waals surface area contributed by atoms with Gasteiger partial charge in [0.25, 0.3) is 5.91 Å². The molecule has 1 heterocycles. The normalized spacial score (nSPS) is 17.3. The van der Waals surface area contributed by atoms with Gasteiger partial charge in [0.2, 0.25) is 0 Å². The third kappa shape index (κ3) is 3.67. The molecule has 6 nitrogen and oxygen atoms in total. The van der Waals surface area contributed by atoms with Gasteiger partial charge >= 0.3 is 5.69 Å². The van der Waals surface area contributed by atoms with E-state index in [4.69, 9.17) is 5.73 Å². The zero-order valence-electron chi connectivity index (χ0n) is 15.7. The predicted molar refractivity (Wildman–Crippen MR) is 107 cm³/mol. The van der Waals surface area contributed by atoms with Crippen molar-refractivity contribution in [3.8, 4) is 0 Å². The van der Waals surface area contributed by atoms with Gasteiger partial charge in [-0.3, -0.25) is 9.36 Å². The first kappa shape index (κ1) is 20.5. The third-order valence-corrected chi connectivity index (χ3v) is 5.77. The second-order valence-corrected chi connectivity index (χ2v) is 7.70. The maximum Gasteiger partial charge on any atom is 0.326 e. The number of halogens is 1. The van der Waals surface area contributed by atoms with Gasteiger partial charge in [0, 0.05) is 18.2 Å². The molecule has 26 heavy (non-hydrogen) atoms. The van der Waals surface area contributed by atoms with Crippen molar-refractivity contribution in [3.05, 3.63) is 34.2 Å². The van der Waals surface area contributed by atoms with Crippen LogP contribution in [0.4, 0.5) is 0 Å². The highest BCUT2D eigenvalue weighted by molar-refractivity contribution is 5.97. The van der Waals surface area contributed by atoms with Crippen LogP contribution in [-0.4, -0.2) is 27.5 Å². The van der Waals surface area contributed by atoms with E-state index in [0.29, 0.717) is 17.6 Å². The fourth-order valence-corrected chi connectivity index (χ4v) is 3.56. The average molecular weight is 381 g/mol. The van der Waals surface area contributed by atoms with Crippen LogP contribution >= 0.6 is 12.4 Å². The Kier molecular flexibility index (Phi) is 6.19. The molecule has 1 amide bonds. The number of nitrogens with one attached hydrogen (secondary N) is 2. The summed E-state index contributed by atoms with van der Waals surface area (Å²) in [5.74, 6) is 0.0476. The van der Waals surface area contributed by atoms with Crippen LogP contribution in [0.25, 0.3) is 11.0 Å². The second kappa shape index (κ2) is 7.84. The number of aromatic nitrogens is 2. The van der Waals surface area contributed by atoms with E-state index in [0.717, 1.165) is 31.2 Å². The molecule has 3 rings (SSSR count). The number of hydrogen-bond acceptors (Lipinski definition) is 3. The number of rotatable bonds is 5. The number of imidazole rings is 1. The van der Waals surface area contributed by atoms with E-state index in [9.17, 15) is 9.59 Å². The highest BCUT2D eigenvalue weighted by atomic mass is 35.5. The first-order chi connectivity index (χ1) is 11.9. The molecule has 0 saturated heterocycles. The lowest BCUT2D eigenvalue weighted by molar-refractivity contribution is 0.0883. The Hall–Kier alpha value is -1.79. The Morgan fingerprint density at radius 3 is 2.62 bits per heavy atom. The van der Waals surface area contributed by atoms with Gasteiger partial charge in [0.05, 0.1) is 16.6 Å². The molecule has 1 aromatic carbocycles. The number of fused-ring (bicyclic) bond motifs is 1. The molecule has 2 aromatic rings. The molecule has 144 valence electrons. The minimum Gasteiger partial charge on any atom is -0.345 e. The SMILES string of the molecule is CC(C)C(C)(CN)NC(=O)c1ccc2c(c1)[nH]c(=O)n2C1CCCC1.Cl. The molecule has 0 bridgehead atoms. The fraction of sp³-hybridized carbons (Fsp3) is 0.579. The number of carbonyl (C=O) groups excluding carboxylic acids is 1. The van der Waals surface area contributed by atoms with Crippen molar-refractivity contribution in [3.63, 3.8) is 0 Å². The van der Waals surface area contributed by atoms with Crippen molar-refractivity contribution in [2.75, 3.05) is 6.54 Å². The van der Waals surface area contributed by atoms with Gasteiger partial charge in [-0.05, 0) is 43.9 Å². The van der Waals surface area contributed by atoms with E-state index in [-0.39, 0.29) is 36.0 Å². The van der Waals surface area contributed by atoms with Crippen molar-refractivity contribution >= 4 is 29.3 Å². The maximum atomic E-state index is 12.6. The molecule has 1 aliphatic carbocycles. The number of H-pyrrole nitrogens is 1. The fourth-order valence-electron chi connectivity index (χ4n) is 3.56. The molecule has 1 unspecified atom stereocenters. The highest BCUT2D eigenvalue weighted by Gasteiger charge is 2.29. The molecule has 1 fully saturated rings. The molecule has 4 N–H and O–H groups in total. The van der Waals surface area contributed by atoms with E-state index in [1.165, 1.54) is 0 Å². The lowest BCUT2D eigenvalue weighted by Gasteiger charge is -2.33. The van der Waals surface area contributed by atoms with Crippen LogP contribution in [0.5, 0.6) is 0 Å². The van der Waals surface area contributed by atoms with Crippen LogP contribution in [0, 0.1) is 5.92 Å². The first-order valence-electron chi connectivity index (χ1n) is 9.12. The number of benzene rings is 1. The molecule has 0 radical (unpaired) electrons. The number of aromatic amines is 1. The molecular formula is C19H29ClN4O2. The number of carbonyl (C=O) groups is 1. The zero-order chi connectivity index (χ0) is 18.2. The van der Waals surface area contributed by atoms with Gasteiger partial charge in [0.15, 0.2) is 0 Å². The van der Waals surface area contributed by atoms with Crippen molar-refractivity contribution < 1.29 is 4.79 Å². The largest absolute Gasteiger partial charge is 0.345 e. The summed E-state index contributed by atoms with van der Waals surface area (Å²) in [6.07, 6.45) is 4.41. The van der Waals surface area contributed by atoms with E-state index in [1.807, 2.05) is 31.4 Å². The van der Waals surface area contributed by atoms with E-state index in [1.54, 1.807) is 12.1 Å². The Bertz CT molecular complexity index is 836. The van der Waals surface area contributed by atoms with Crippen molar-refractivity contribution in [2.24, 2.45) is 11.7 Å². The van der Waals surface area contributed by atoms with Gasteiger partial charge in [-0.1, -0.05) is 26.7 Å². The highest BCUT2D eigenvalue weighted by Crippen LogP contribution is 2.30. The van der Waals surface area contributed by atoms with Gasteiger partial charge in [-0.15, -0.1) is 12.4 Å². The Balaban J connectivity index is 0.00000243. The number of nitrogens with two attached hydrogens (primary N) is 1. The summed E-state index contributed by atoms with van der Waals surface area (Å²) >= 11 is 0. The van der Waals surface area contributed by atoms with E-state index in [2.05, 4.69) is 10.3 Å². The third-order valence-electron chi connectivity index (χ3n) is 5.77. The van der Waals surface area contributed by atoms with Crippen molar-refractivity contribution in [1.29, 1.82) is 0 Å². The second-order valence-electron chi connectivity index (χ2n) is 7.70. The van der Waals surface area contributed by atoms with Crippen LogP contribution in [0.2, 0.25) is 0 Å². The molecular weight excluding hydrogens is 352 g/mol. The summed E-state index contributed by atoms with van der Waals surface area (Å²) in [5.41, 5.74) is 7.42. The number of hydrogen-bond donors (Lipinski definition) is 3. The lowest BCUT2D eigenvalue weighted by atomic mass is 9.88. The smallest absolute Gasteiger partial charge is 0.326 e. The Morgan fingerprint density at radius 1 is 1.38 bits per heavy atom. The first-order valence-corrected chi connectivity index (χ1v) is 9.12. The average Bonchev–Trinajstić information content (AvgIpc) is 3.19. The van der Waals surface area contributed by atoms with Gasteiger partial charge in [0.1, 0.15) is 0 Å². The Morgan fingerprint density at radius 2 is 2.04 bits per heavy atom. The quantitative estimate of drug-likeness (QED) is 0.744. The van der Waals surface area contributed by atoms with E-state index < -0.39 is 5.54 Å². The van der Waals surface area contributed by atoms with Crippen LogP contribution in [0.1, 0.15) is 62.9 Å². The van der Waals surface area contributed by atoms with Gasteiger partial charge < -0.3 is 16.0 Å². The van der Waals surface area contributed by atoms with Crippen LogP contribution in [-0.2, 0) is 0 Å². The Labute approximate surface area is 159 Å². The maximum absolute atomic E-state index is 12.6. The molecule has 1 atom stereocenters. The van der Waals surface area contributed by atoms with Crippen LogP contribution < -0.4 is 16.7 Å². The summed E-state index contributed by atoms with van der Waals surface area (Å²) in [6.45, 7) is 6.39. The predicted octanol–water partition coefficient (Wildman–Crippen LogP) is 2.97. The van der Waals surface area contributed by atoms with Crippen LogP contribution in [0.15, 0.2) is 23.0 Å². The number of amides is 1.